The van der Waals surface area contributed by atoms with Crippen molar-refractivity contribution in [2.24, 2.45) is 0 Å². The Hall–Kier alpha value is -4.46. The molecule has 1 aliphatic rings. The number of hydrogen-bond donors (Lipinski definition) is 2. The van der Waals surface area contributed by atoms with Crippen molar-refractivity contribution in [3.63, 3.8) is 0 Å². The van der Waals surface area contributed by atoms with Crippen LogP contribution in [0.2, 0.25) is 0 Å². The summed E-state index contributed by atoms with van der Waals surface area (Å²) in [4.78, 5) is 39.9. The topological polar surface area (TPSA) is 96.3 Å². The molecule has 4 amide bonds. The number of benzene rings is 3. The predicted molar refractivity (Wildman–Crippen MR) is 133 cm³/mol. The van der Waals surface area contributed by atoms with Crippen LogP contribution in [0.15, 0.2) is 72.8 Å². The van der Waals surface area contributed by atoms with Gasteiger partial charge >= 0.3 is 6.03 Å². The second-order valence-corrected chi connectivity index (χ2v) is 8.85. The number of carbonyl (C=O) groups is 3. The van der Waals surface area contributed by atoms with E-state index in [4.69, 9.17) is 0 Å². The van der Waals surface area contributed by atoms with E-state index in [-0.39, 0.29) is 0 Å². The highest BCUT2D eigenvalue weighted by Gasteiger charge is 2.49. The van der Waals surface area contributed by atoms with Crippen LogP contribution < -0.4 is 10.6 Å². The molecule has 0 bridgehead atoms. The first-order valence-corrected chi connectivity index (χ1v) is 11.3. The van der Waals surface area contributed by atoms with Gasteiger partial charge in [0, 0.05) is 0 Å². The first kappa shape index (κ1) is 22.3. The highest BCUT2D eigenvalue weighted by atomic mass is 16.2. The lowest BCUT2D eigenvalue weighted by molar-refractivity contribution is -0.133. The number of amides is 4. The highest BCUT2D eigenvalue weighted by molar-refractivity contribution is 6.10. The molecule has 1 aromatic heterocycles. The number of aromatic nitrogens is 2. The maximum atomic E-state index is 13.3. The van der Waals surface area contributed by atoms with Crippen molar-refractivity contribution < 1.29 is 14.4 Å². The number of rotatable bonds is 5. The highest BCUT2D eigenvalue weighted by Crippen LogP contribution is 2.31. The van der Waals surface area contributed by atoms with Gasteiger partial charge in [0.15, 0.2) is 0 Å². The Kier molecular flexibility index (Phi) is 5.36. The van der Waals surface area contributed by atoms with Gasteiger partial charge in [0.25, 0.3) is 5.91 Å². The van der Waals surface area contributed by atoms with E-state index < -0.39 is 29.9 Å². The minimum atomic E-state index is -1.26. The van der Waals surface area contributed by atoms with E-state index in [1.54, 1.807) is 18.5 Å². The smallest absolute Gasteiger partial charge is 0.321 e. The standard InChI is InChI=1S/C27H25N5O3/c1-17-24(18(2)32(30-17)22-11-5-4-6-12-22)28-23(33)16-31-25(34)27(3,29-26(31)35)21-14-13-19-9-7-8-10-20(19)15-21/h4-15H,16H2,1-3H3,(H,28,33)(H,29,35)/t27-/m1/s1. The minimum absolute atomic E-state index is 0.400. The largest absolute Gasteiger partial charge is 0.325 e. The van der Waals surface area contributed by atoms with Crippen LogP contribution >= 0.6 is 0 Å². The summed E-state index contributed by atoms with van der Waals surface area (Å²) < 4.78 is 1.75. The molecule has 8 heteroatoms. The van der Waals surface area contributed by atoms with Crippen molar-refractivity contribution in [3.8, 4) is 5.69 Å². The van der Waals surface area contributed by atoms with Gasteiger partial charge in [-0.05, 0) is 55.3 Å². The summed E-state index contributed by atoms with van der Waals surface area (Å²) in [5.74, 6) is -0.948. The Bertz CT molecular complexity index is 1480. The number of urea groups is 1. The first-order chi connectivity index (χ1) is 16.8. The molecule has 35 heavy (non-hydrogen) atoms. The lowest BCUT2D eigenvalue weighted by Crippen LogP contribution is -2.42. The second kappa shape index (κ2) is 8.39. The third-order valence-electron chi connectivity index (χ3n) is 6.46. The molecule has 0 unspecified atom stereocenters. The fourth-order valence-corrected chi connectivity index (χ4v) is 4.50. The zero-order valence-electron chi connectivity index (χ0n) is 19.7. The average Bonchev–Trinajstić information content (AvgIpc) is 3.26. The maximum Gasteiger partial charge on any atom is 0.325 e. The summed E-state index contributed by atoms with van der Waals surface area (Å²) in [6, 6.07) is 22.4. The fraction of sp³-hybridized carbons (Fsp3) is 0.185. The van der Waals surface area contributed by atoms with E-state index >= 15 is 0 Å². The fourth-order valence-electron chi connectivity index (χ4n) is 4.50. The van der Waals surface area contributed by atoms with Gasteiger partial charge in [-0.3, -0.25) is 14.5 Å². The van der Waals surface area contributed by atoms with Crippen LogP contribution in [-0.4, -0.2) is 39.1 Å². The van der Waals surface area contributed by atoms with E-state index in [1.807, 2.05) is 79.7 Å². The molecule has 2 heterocycles. The summed E-state index contributed by atoms with van der Waals surface area (Å²) in [5, 5.41) is 12.1. The number of fused-ring (bicyclic) bond motifs is 1. The van der Waals surface area contributed by atoms with Gasteiger partial charge in [0.1, 0.15) is 12.1 Å². The number of hydrogen-bond acceptors (Lipinski definition) is 4. The summed E-state index contributed by atoms with van der Waals surface area (Å²) in [5.41, 5.74) is 2.22. The molecule has 1 atom stereocenters. The molecule has 0 saturated carbocycles. The second-order valence-electron chi connectivity index (χ2n) is 8.85. The molecule has 3 aromatic carbocycles. The lowest BCUT2D eigenvalue weighted by Gasteiger charge is -2.22. The van der Waals surface area contributed by atoms with E-state index in [2.05, 4.69) is 15.7 Å². The van der Waals surface area contributed by atoms with Crippen LogP contribution in [0.5, 0.6) is 0 Å². The van der Waals surface area contributed by atoms with Crippen molar-refractivity contribution in [2.75, 3.05) is 11.9 Å². The SMILES string of the molecule is Cc1nn(-c2ccccc2)c(C)c1NC(=O)CN1C(=O)N[C@](C)(c2ccc3ccccc3c2)C1=O. The van der Waals surface area contributed by atoms with Crippen LogP contribution in [-0.2, 0) is 15.1 Å². The third kappa shape index (κ3) is 3.82. The molecule has 1 saturated heterocycles. The van der Waals surface area contributed by atoms with E-state index in [0.717, 1.165) is 27.1 Å². The Labute approximate surface area is 202 Å². The first-order valence-electron chi connectivity index (χ1n) is 11.3. The van der Waals surface area contributed by atoms with Crippen molar-refractivity contribution in [1.29, 1.82) is 0 Å². The summed E-state index contributed by atoms with van der Waals surface area (Å²) in [6.45, 7) is 4.91. The van der Waals surface area contributed by atoms with Crippen molar-refractivity contribution in [1.82, 2.24) is 20.0 Å². The predicted octanol–water partition coefficient (Wildman–Crippen LogP) is 4.05. The van der Waals surface area contributed by atoms with E-state index in [9.17, 15) is 14.4 Å². The van der Waals surface area contributed by atoms with Crippen LogP contribution in [0.3, 0.4) is 0 Å². The third-order valence-corrected chi connectivity index (χ3v) is 6.46. The average molecular weight is 468 g/mol. The number of carbonyl (C=O) groups excluding carboxylic acids is 3. The van der Waals surface area contributed by atoms with E-state index in [0.29, 0.717) is 16.9 Å². The van der Waals surface area contributed by atoms with Crippen LogP contribution in [0.4, 0.5) is 10.5 Å². The number of anilines is 1. The molecule has 176 valence electrons. The number of nitrogens with one attached hydrogen (secondary N) is 2. The number of imide groups is 1. The Morgan fingerprint density at radius 3 is 2.40 bits per heavy atom. The van der Waals surface area contributed by atoms with E-state index in [1.165, 1.54) is 0 Å². The van der Waals surface area contributed by atoms with Crippen molar-refractivity contribution >= 4 is 34.3 Å². The van der Waals surface area contributed by atoms with Crippen LogP contribution in [0.1, 0.15) is 23.9 Å². The Balaban J connectivity index is 1.35. The van der Waals surface area contributed by atoms with Crippen molar-refractivity contribution in [2.45, 2.75) is 26.3 Å². The monoisotopic (exact) mass is 467 g/mol. The molecule has 0 aliphatic carbocycles. The molecule has 0 spiro atoms. The summed E-state index contributed by atoms with van der Waals surface area (Å²) in [6.07, 6.45) is 0. The molecule has 8 nitrogen and oxygen atoms in total. The molecule has 0 radical (unpaired) electrons. The normalized spacial score (nSPS) is 17.6. The number of nitrogens with zero attached hydrogens (tertiary/aromatic N) is 3. The molecule has 4 aromatic rings. The van der Waals surface area contributed by atoms with Gasteiger partial charge in [-0.1, -0.05) is 54.6 Å². The quantitative estimate of drug-likeness (QED) is 0.433. The molecular formula is C27H25N5O3. The number of aryl methyl sites for hydroxylation is 1. The molecule has 1 aliphatic heterocycles. The Morgan fingerprint density at radius 2 is 1.66 bits per heavy atom. The van der Waals surface area contributed by atoms with Gasteiger partial charge in [-0.2, -0.15) is 5.10 Å². The summed E-state index contributed by atoms with van der Waals surface area (Å²) >= 11 is 0. The van der Waals surface area contributed by atoms with Gasteiger partial charge in [-0.15, -0.1) is 0 Å². The van der Waals surface area contributed by atoms with Crippen LogP contribution in [0, 0.1) is 13.8 Å². The van der Waals surface area contributed by atoms with Gasteiger partial charge in [0.05, 0.1) is 22.8 Å². The molecule has 5 rings (SSSR count). The molecule has 1 fully saturated rings. The number of para-hydroxylation sites is 1. The van der Waals surface area contributed by atoms with Crippen LogP contribution in [0.25, 0.3) is 16.5 Å². The van der Waals surface area contributed by atoms with Gasteiger partial charge in [-0.25, -0.2) is 9.48 Å². The lowest BCUT2D eigenvalue weighted by atomic mass is 9.90. The maximum absolute atomic E-state index is 13.3. The minimum Gasteiger partial charge on any atom is -0.321 e. The van der Waals surface area contributed by atoms with Crippen molar-refractivity contribution in [3.05, 3.63) is 89.7 Å². The summed E-state index contributed by atoms with van der Waals surface area (Å²) in [7, 11) is 0. The van der Waals surface area contributed by atoms with Gasteiger partial charge in [0.2, 0.25) is 5.91 Å². The molecular weight excluding hydrogens is 442 g/mol. The molecule has 2 N–H and O–H groups in total. The Morgan fingerprint density at radius 1 is 0.971 bits per heavy atom. The zero-order valence-corrected chi connectivity index (χ0v) is 19.7. The van der Waals surface area contributed by atoms with Gasteiger partial charge < -0.3 is 10.6 Å². The zero-order chi connectivity index (χ0) is 24.7.